The van der Waals surface area contributed by atoms with Gasteiger partial charge in [0.15, 0.2) is 0 Å². The van der Waals surface area contributed by atoms with Crippen LogP contribution < -0.4 is 5.32 Å². The van der Waals surface area contributed by atoms with Crippen molar-refractivity contribution >= 4 is 10.8 Å². The highest BCUT2D eigenvalue weighted by molar-refractivity contribution is 7.84. The first-order valence-corrected chi connectivity index (χ1v) is 6.78. The van der Waals surface area contributed by atoms with E-state index in [-0.39, 0.29) is 0 Å². The molecule has 0 bridgehead atoms. The molecule has 2 rings (SSSR count). The van der Waals surface area contributed by atoms with Gasteiger partial charge in [-0.05, 0) is 37.1 Å². The summed E-state index contributed by atoms with van der Waals surface area (Å²) in [5.41, 5.74) is 1.07. The SMILES string of the molecule is O=S(Cc1cccnc1)CC1CCNC1. The van der Waals surface area contributed by atoms with Gasteiger partial charge >= 0.3 is 0 Å². The molecule has 0 amide bonds. The van der Waals surface area contributed by atoms with Crippen LogP contribution in [-0.2, 0) is 16.6 Å². The van der Waals surface area contributed by atoms with Gasteiger partial charge in [0.2, 0.25) is 0 Å². The van der Waals surface area contributed by atoms with Crippen molar-refractivity contribution in [1.82, 2.24) is 10.3 Å². The monoisotopic (exact) mass is 224 g/mol. The van der Waals surface area contributed by atoms with Crippen LogP contribution in [0.5, 0.6) is 0 Å². The fraction of sp³-hybridized carbons (Fsp3) is 0.545. The molecule has 0 radical (unpaired) electrons. The molecule has 0 spiro atoms. The first kappa shape index (κ1) is 10.8. The molecule has 1 aliphatic heterocycles. The second kappa shape index (κ2) is 5.37. The van der Waals surface area contributed by atoms with E-state index in [4.69, 9.17) is 0 Å². The van der Waals surface area contributed by atoms with E-state index >= 15 is 0 Å². The van der Waals surface area contributed by atoms with Crippen molar-refractivity contribution in [2.75, 3.05) is 18.8 Å². The van der Waals surface area contributed by atoms with E-state index in [0.717, 1.165) is 24.4 Å². The molecule has 3 nitrogen and oxygen atoms in total. The summed E-state index contributed by atoms with van der Waals surface area (Å²) in [5, 5.41) is 3.29. The lowest BCUT2D eigenvalue weighted by Crippen LogP contribution is -2.15. The standard InChI is InChI=1S/C11H16N2OS/c14-15(9-11-3-5-13-7-11)8-10-2-1-4-12-6-10/h1-2,4,6,11,13H,3,5,7-9H2. The lowest BCUT2D eigenvalue weighted by Gasteiger charge is -2.07. The van der Waals surface area contributed by atoms with Gasteiger partial charge in [-0.3, -0.25) is 9.19 Å². The molecular weight excluding hydrogens is 208 g/mol. The maximum absolute atomic E-state index is 11.8. The van der Waals surface area contributed by atoms with E-state index < -0.39 is 10.8 Å². The second-order valence-electron chi connectivity index (χ2n) is 3.97. The highest BCUT2D eigenvalue weighted by Crippen LogP contribution is 2.11. The van der Waals surface area contributed by atoms with Gasteiger partial charge in [-0.2, -0.15) is 0 Å². The van der Waals surface area contributed by atoms with Crippen molar-refractivity contribution in [2.45, 2.75) is 12.2 Å². The number of nitrogens with zero attached hydrogens (tertiary/aromatic N) is 1. The molecule has 15 heavy (non-hydrogen) atoms. The minimum Gasteiger partial charge on any atom is -0.316 e. The topological polar surface area (TPSA) is 42.0 Å². The number of pyridine rings is 1. The largest absolute Gasteiger partial charge is 0.316 e. The summed E-state index contributed by atoms with van der Waals surface area (Å²) >= 11 is 0. The second-order valence-corrected chi connectivity index (χ2v) is 5.47. The molecular formula is C11H16N2OS. The van der Waals surface area contributed by atoms with Crippen LogP contribution >= 0.6 is 0 Å². The van der Waals surface area contributed by atoms with E-state index in [9.17, 15) is 4.21 Å². The molecule has 4 heteroatoms. The predicted octanol–water partition coefficient (Wildman–Crippen LogP) is 0.940. The smallest absolute Gasteiger partial charge is 0.0500 e. The van der Waals surface area contributed by atoms with E-state index in [1.165, 1.54) is 6.42 Å². The van der Waals surface area contributed by atoms with Gasteiger partial charge < -0.3 is 5.32 Å². The van der Waals surface area contributed by atoms with Gasteiger partial charge in [0.25, 0.3) is 0 Å². The fourth-order valence-corrected chi connectivity index (χ4v) is 3.32. The Morgan fingerprint density at radius 1 is 1.60 bits per heavy atom. The molecule has 1 saturated heterocycles. The Bertz CT molecular complexity index is 323. The quantitative estimate of drug-likeness (QED) is 0.827. The zero-order valence-electron chi connectivity index (χ0n) is 8.69. The molecule has 1 aliphatic rings. The zero-order valence-corrected chi connectivity index (χ0v) is 9.50. The van der Waals surface area contributed by atoms with Crippen molar-refractivity contribution in [3.05, 3.63) is 30.1 Å². The van der Waals surface area contributed by atoms with Crippen LogP contribution in [0.4, 0.5) is 0 Å². The van der Waals surface area contributed by atoms with Crippen LogP contribution in [0, 0.1) is 5.92 Å². The summed E-state index contributed by atoms with van der Waals surface area (Å²) in [6.45, 7) is 2.10. The Morgan fingerprint density at radius 2 is 2.53 bits per heavy atom. The maximum Gasteiger partial charge on any atom is 0.0500 e. The van der Waals surface area contributed by atoms with Gasteiger partial charge in [0, 0.05) is 28.9 Å². The Balaban J connectivity index is 1.82. The normalized spacial score (nSPS) is 22.8. The van der Waals surface area contributed by atoms with Gasteiger partial charge in [-0.1, -0.05) is 6.07 Å². The molecule has 2 heterocycles. The number of nitrogens with one attached hydrogen (secondary N) is 1. The summed E-state index contributed by atoms with van der Waals surface area (Å²) < 4.78 is 11.8. The van der Waals surface area contributed by atoms with Crippen LogP contribution in [0.15, 0.2) is 24.5 Å². The highest BCUT2D eigenvalue weighted by atomic mass is 32.2. The molecule has 1 aromatic heterocycles. The fourth-order valence-electron chi connectivity index (χ4n) is 1.85. The molecule has 82 valence electrons. The molecule has 1 aromatic rings. The first-order chi connectivity index (χ1) is 7.34. The minimum absolute atomic E-state index is 0.600. The summed E-state index contributed by atoms with van der Waals surface area (Å²) in [6.07, 6.45) is 4.71. The average molecular weight is 224 g/mol. The van der Waals surface area contributed by atoms with Crippen LogP contribution in [0.1, 0.15) is 12.0 Å². The lowest BCUT2D eigenvalue weighted by molar-refractivity contribution is 0.632. The molecule has 1 N–H and O–H groups in total. The predicted molar refractivity (Wildman–Crippen MR) is 61.9 cm³/mol. The molecule has 0 saturated carbocycles. The van der Waals surface area contributed by atoms with Crippen molar-refractivity contribution in [3.8, 4) is 0 Å². The third-order valence-electron chi connectivity index (χ3n) is 2.63. The Labute approximate surface area is 92.8 Å². The zero-order chi connectivity index (χ0) is 10.5. The van der Waals surface area contributed by atoms with Crippen LogP contribution in [0.2, 0.25) is 0 Å². The van der Waals surface area contributed by atoms with E-state index in [0.29, 0.717) is 11.7 Å². The number of hydrogen-bond acceptors (Lipinski definition) is 3. The van der Waals surface area contributed by atoms with Crippen LogP contribution in [0.3, 0.4) is 0 Å². The van der Waals surface area contributed by atoms with Gasteiger partial charge in [0.1, 0.15) is 0 Å². The van der Waals surface area contributed by atoms with Crippen molar-refractivity contribution < 1.29 is 4.21 Å². The Hall–Kier alpha value is -0.740. The minimum atomic E-state index is -0.741. The summed E-state index contributed by atoms with van der Waals surface area (Å²) in [5.74, 6) is 2.06. The number of aromatic nitrogens is 1. The van der Waals surface area contributed by atoms with Crippen LogP contribution in [-0.4, -0.2) is 28.0 Å². The summed E-state index contributed by atoms with van der Waals surface area (Å²) in [7, 11) is -0.741. The van der Waals surface area contributed by atoms with Gasteiger partial charge in [-0.15, -0.1) is 0 Å². The number of hydrogen-bond donors (Lipinski definition) is 1. The Morgan fingerprint density at radius 3 is 3.20 bits per heavy atom. The lowest BCUT2D eigenvalue weighted by atomic mass is 10.2. The molecule has 0 aromatic carbocycles. The molecule has 0 aliphatic carbocycles. The maximum atomic E-state index is 11.8. The molecule has 2 atom stereocenters. The van der Waals surface area contributed by atoms with Gasteiger partial charge in [-0.25, -0.2) is 0 Å². The van der Waals surface area contributed by atoms with Crippen molar-refractivity contribution in [2.24, 2.45) is 5.92 Å². The molecule has 1 fully saturated rings. The highest BCUT2D eigenvalue weighted by Gasteiger charge is 2.17. The average Bonchev–Trinajstić information content (AvgIpc) is 2.71. The molecule has 2 unspecified atom stereocenters. The summed E-state index contributed by atoms with van der Waals surface area (Å²) in [6, 6.07) is 3.88. The van der Waals surface area contributed by atoms with E-state index in [1.54, 1.807) is 12.4 Å². The van der Waals surface area contributed by atoms with Crippen LogP contribution in [0.25, 0.3) is 0 Å². The number of rotatable bonds is 4. The van der Waals surface area contributed by atoms with Crippen molar-refractivity contribution in [3.63, 3.8) is 0 Å². The van der Waals surface area contributed by atoms with E-state index in [1.807, 2.05) is 12.1 Å². The summed E-state index contributed by atoms with van der Waals surface area (Å²) in [4.78, 5) is 4.02. The third kappa shape index (κ3) is 3.39. The first-order valence-electron chi connectivity index (χ1n) is 5.29. The van der Waals surface area contributed by atoms with E-state index in [2.05, 4.69) is 10.3 Å². The third-order valence-corrected chi connectivity index (χ3v) is 4.13. The van der Waals surface area contributed by atoms with Crippen molar-refractivity contribution in [1.29, 1.82) is 0 Å². The Kier molecular flexibility index (Phi) is 3.86. The van der Waals surface area contributed by atoms with Gasteiger partial charge in [0.05, 0.1) is 5.75 Å².